The molecule has 0 aliphatic heterocycles. The van der Waals surface area contributed by atoms with Gasteiger partial charge in [0.1, 0.15) is 0 Å². The van der Waals surface area contributed by atoms with Gasteiger partial charge in [0, 0.05) is 6.92 Å². The minimum Gasteiger partial charge on any atom is -0.0833 e. The van der Waals surface area contributed by atoms with Crippen LogP contribution in [0.15, 0.2) is 0 Å². The van der Waals surface area contributed by atoms with Gasteiger partial charge in [-0.05, 0) is 24.2 Å². The van der Waals surface area contributed by atoms with Crippen molar-refractivity contribution in [1.82, 2.24) is 0 Å². The zero-order valence-electron chi connectivity index (χ0n) is 11.0. The van der Waals surface area contributed by atoms with E-state index in [0.717, 1.165) is 17.8 Å². The van der Waals surface area contributed by atoms with Crippen LogP contribution in [0.2, 0.25) is 0 Å². The molecular formula is C14H26N+. The van der Waals surface area contributed by atoms with E-state index < -0.39 is 0 Å². The molecule has 1 saturated carbocycles. The molecule has 0 bridgehead atoms. The van der Waals surface area contributed by atoms with Crippen molar-refractivity contribution in [1.29, 1.82) is 0 Å². The van der Waals surface area contributed by atoms with Crippen LogP contribution in [0.25, 0.3) is 4.85 Å². The van der Waals surface area contributed by atoms with Crippen LogP contribution in [-0.2, 0) is 0 Å². The molecule has 1 aliphatic rings. The van der Waals surface area contributed by atoms with Crippen LogP contribution in [0.4, 0.5) is 0 Å². The summed E-state index contributed by atoms with van der Waals surface area (Å²) in [7, 11) is 0. The smallest absolute Gasteiger partial charge is 0.0833 e. The Labute approximate surface area is 95.1 Å². The first kappa shape index (κ1) is 12.6. The van der Waals surface area contributed by atoms with Crippen molar-refractivity contribution in [2.75, 3.05) is 0 Å². The molecule has 0 aromatic carbocycles. The monoisotopic (exact) mass is 208 g/mol. The summed E-state index contributed by atoms with van der Waals surface area (Å²) < 4.78 is 0. The third-order valence-electron chi connectivity index (χ3n) is 4.69. The quantitative estimate of drug-likeness (QED) is 0.629. The molecule has 1 heteroatoms. The van der Waals surface area contributed by atoms with E-state index in [4.69, 9.17) is 6.57 Å². The lowest BCUT2D eigenvalue weighted by Gasteiger charge is -2.08. The zero-order valence-corrected chi connectivity index (χ0v) is 11.0. The number of hydrogen-bond acceptors (Lipinski definition) is 0. The molecule has 15 heavy (non-hydrogen) atoms. The summed E-state index contributed by atoms with van der Waals surface area (Å²) in [5.41, 5.74) is 0.381. The molecule has 1 aliphatic carbocycles. The van der Waals surface area contributed by atoms with Gasteiger partial charge >= 0.3 is 0 Å². The summed E-state index contributed by atoms with van der Waals surface area (Å²) in [6, 6.07) is 0.316. The average Bonchev–Trinajstić information content (AvgIpc) is 2.70. The first-order chi connectivity index (χ1) is 6.94. The summed E-state index contributed by atoms with van der Waals surface area (Å²) >= 11 is 0. The fourth-order valence-corrected chi connectivity index (χ4v) is 3.02. The molecule has 4 atom stereocenters. The molecule has 1 fully saturated rings. The Morgan fingerprint density at radius 3 is 2.40 bits per heavy atom. The lowest BCUT2D eigenvalue weighted by molar-refractivity contribution is 0.417. The van der Waals surface area contributed by atoms with Crippen molar-refractivity contribution >= 4 is 0 Å². The Kier molecular flexibility index (Phi) is 3.82. The Morgan fingerprint density at radius 2 is 1.93 bits per heavy atom. The highest BCUT2D eigenvalue weighted by Crippen LogP contribution is 2.63. The molecule has 0 aromatic heterocycles. The van der Waals surface area contributed by atoms with Gasteiger partial charge in [-0.2, -0.15) is 0 Å². The highest BCUT2D eigenvalue weighted by molar-refractivity contribution is 5.13. The zero-order chi connectivity index (χ0) is 11.6. The maximum atomic E-state index is 5.42. The van der Waals surface area contributed by atoms with Gasteiger partial charge in [-0.3, -0.25) is 0 Å². The molecule has 0 amide bonds. The molecule has 1 nitrogen and oxygen atoms in total. The minimum absolute atomic E-state index is 0.316. The summed E-state index contributed by atoms with van der Waals surface area (Å²) in [4.78, 5) is 3.97. The second-order valence-corrected chi connectivity index (χ2v) is 5.91. The van der Waals surface area contributed by atoms with Crippen LogP contribution in [0.5, 0.6) is 0 Å². The van der Waals surface area contributed by atoms with Gasteiger partial charge in [0.2, 0.25) is 0 Å². The van der Waals surface area contributed by atoms with Crippen molar-refractivity contribution in [3.63, 3.8) is 0 Å². The van der Waals surface area contributed by atoms with Gasteiger partial charge < -0.3 is 0 Å². The SMILES string of the molecule is C#[N+]C(C)C1(C)C(C)C1CCCC(C)C. The van der Waals surface area contributed by atoms with Crippen molar-refractivity contribution in [2.45, 2.75) is 59.9 Å². The summed E-state index contributed by atoms with van der Waals surface area (Å²) in [5.74, 6) is 2.48. The first-order valence-corrected chi connectivity index (χ1v) is 6.34. The van der Waals surface area contributed by atoms with Crippen LogP contribution >= 0.6 is 0 Å². The number of rotatable bonds is 5. The minimum atomic E-state index is 0.316. The van der Waals surface area contributed by atoms with E-state index in [1.165, 1.54) is 19.3 Å². The van der Waals surface area contributed by atoms with Gasteiger partial charge in [0.25, 0.3) is 12.6 Å². The van der Waals surface area contributed by atoms with E-state index in [1.54, 1.807) is 0 Å². The molecule has 0 saturated heterocycles. The molecule has 0 N–H and O–H groups in total. The van der Waals surface area contributed by atoms with Gasteiger partial charge in [0.15, 0.2) is 0 Å². The van der Waals surface area contributed by atoms with Crippen LogP contribution in [0, 0.1) is 29.7 Å². The Balaban J connectivity index is 2.38. The lowest BCUT2D eigenvalue weighted by atomic mass is 9.94. The van der Waals surface area contributed by atoms with Gasteiger partial charge in [-0.25, -0.2) is 0 Å². The summed E-state index contributed by atoms with van der Waals surface area (Å²) in [5, 5.41) is 0. The lowest BCUT2D eigenvalue weighted by Crippen LogP contribution is -2.14. The topological polar surface area (TPSA) is 4.36 Å². The molecule has 1 rings (SSSR count). The fourth-order valence-electron chi connectivity index (χ4n) is 3.02. The van der Waals surface area contributed by atoms with Gasteiger partial charge in [-0.1, -0.05) is 45.4 Å². The molecule has 0 radical (unpaired) electrons. The first-order valence-electron chi connectivity index (χ1n) is 6.34. The van der Waals surface area contributed by atoms with Gasteiger partial charge in [0.05, 0.1) is 5.41 Å². The molecule has 86 valence electrons. The Hall–Kier alpha value is -0.510. The van der Waals surface area contributed by atoms with E-state index in [-0.39, 0.29) is 0 Å². The van der Waals surface area contributed by atoms with Crippen molar-refractivity contribution in [2.24, 2.45) is 23.2 Å². The molecule has 0 heterocycles. The molecule has 0 aromatic rings. The average molecular weight is 208 g/mol. The van der Waals surface area contributed by atoms with Crippen LogP contribution in [0.3, 0.4) is 0 Å². The molecular weight excluding hydrogens is 182 g/mol. The van der Waals surface area contributed by atoms with E-state index in [0.29, 0.717) is 11.5 Å². The second kappa shape index (κ2) is 4.56. The third-order valence-corrected chi connectivity index (χ3v) is 4.69. The largest absolute Gasteiger partial charge is 0.275 e. The second-order valence-electron chi connectivity index (χ2n) is 5.91. The van der Waals surface area contributed by atoms with Crippen molar-refractivity contribution in [3.05, 3.63) is 4.85 Å². The summed E-state index contributed by atoms with van der Waals surface area (Å²) in [6.45, 7) is 16.9. The summed E-state index contributed by atoms with van der Waals surface area (Å²) in [6.07, 6.45) is 4.07. The normalized spacial score (nSPS) is 36.3. The highest BCUT2D eigenvalue weighted by Gasteiger charge is 2.64. The van der Waals surface area contributed by atoms with Crippen LogP contribution in [-0.4, -0.2) is 6.04 Å². The Bertz CT molecular complexity index is 251. The highest BCUT2D eigenvalue weighted by atomic mass is 14.8. The third kappa shape index (κ3) is 2.36. The Morgan fingerprint density at radius 1 is 1.33 bits per heavy atom. The predicted octanol–water partition coefficient (Wildman–Crippen LogP) is 4.44. The van der Waals surface area contributed by atoms with E-state index in [9.17, 15) is 0 Å². The van der Waals surface area contributed by atoms with E-state index in [2.05, 4.69) is 39.5 Å². The van der Waals surface area contributed by atoms with Crippen molar-refractivity contribution < 1.29 is 0 Å². The predicted molar refractivity (Wildman–Crippen MR) is 67.2 cm³/mol. The number of nitrogens with zero attached hydrogens (tertiary/aromatic N) is 1. The van der Waals surface area contributed by atoms with E-state index in [1.807, 2.05) is 0 Å². The van der Waals surface area contributed by atoms with E-state index >= 15 is 0 Å². The van der Waals surface area contributed by atoms with Crippen LogP contribution < -0.4 is 0 Å². The molecule has 4 unspecified atom stereocenters. The van der Waals surface area contributed by atoms with Crippen molar-refractivity contribution in [3.8, 4) is 6.57 Å². The number of hydrogen-bond donors (Lipinski definition) is 0. The fraction of sp³-hybridized carbons (Fsp3) is 0.929. The molecule has 0 spiro atoms. The maximum absolute atomic E-state index is 5.42. The van der Waals surface area contributed by atoms with Crippen LogP contribution in [0.1, 0.15) is 53.9 Å². The standard InChI is InChI=1S/C14H26N/c1-10(2)8-7-9-13-11(3)14(13,5)12(4)15-6/h6,10-13H,7-9H2,1-5H3/q+1. The maximum Gasteiger partial charge on any atom is 0.275 e. The van der Waals surface area contributed by atoms with Gasteiger partial charge in [-0.15, -0.1) is 0 Å².